The molecule has 0 heterocycles. The molecule has 0 saturated carbocycles. The van der Waals surface area contributed by atoms with Crippen molar-refractivity contribution < 1.29 is 0 Å². The summed E-state index contributed by atoms with van der Waals surface area (Å²) in [4.78, 5) is 0. The first-order chi connectivity index (χ1) is 7.00. The van der Waals surface area contributed by atoms with Crippen molar-refractivity contribution in [3.63, 3.8) is 0 Å². The zero-order chi connectivity index (χ0) is 9.90. The fourth-order valence-electron chi connectivity index (χ4n) is 1.44. The fourth-order valence-corrected chi connectivity index (χ4v) is 1.44. The Labute approximate surface area is 87.7 Å². The van der Waals surface area contributed by atoms with Gasteiger partial charge in [-0.25, -0.2) is 0 Å². The maximum absolute atomic E-state index is 2.27. The Bertz CT molecular complexity index is 204. The van der Waals surface area contributed by atoms with Crippen LogP contribution in [0.2, 0.25) is 0 Å². The SMILES string of the molecule is C1=CC/C=C/C=CCCCCCC=C1. The summed E-state index contributed by atoms with van der Waals surface area (Å²) < 4.78 is 0. The number of rotatable bonds is 0. The van der Waals surface area contributed by atoms with Gasteiger partial charge in [0.05, 0.1) is 0 Å². The predicted molar refractivity (Wildman–Crippen MR) is 64.3 cm³/mol. The van der Waals surface area contributed by atoms with Crippen LogP contribution < -0.4 is 0 Å². The van der Waals surface area contributed by atoms with Gasteiger partial charge in [0.15, 0.2) is 0 Å². The van der Waals surface area contributed by atoms with E-state index in [0.717, 1.165) is 6.42 Å². The maximum Gasteiger partial charge on any atom is -0.0163 e. The lowest BCUT2D eigenvalue weighted by Gasteiger charge is -1.94. The van der Waals surface area contributed by atoms with Crippen LogP contribution in [-0.2, 0) is 0 Å². The molecule has 0 spiro atoms. The zero-order valence-electron chi connectivity index (χ0n) is 8.86. The molecule has 0 aromatic carbocycles. The van der Waals surface area contributed by atoms with Crippen LogP contribution in [0.4, 0.5) is 0 Å². The van der Waals surface area contributed by atoms with Gasteiger partial charge >= 0.3 is 0 Å². The van der Waals surface area contributed by atoms with Crippen molar-refractivity contribution in [3.05, 3.63) is 48.6 Å². The van der Waals surface area contributed by atoms with Gasteiger partial charge in [-0.15, -0.1) is 0 Å². The maximum atomic E-state index is 2.27. The molecule has 0 aromatic heterocycles. The highest BCUT2D eigenvalue weighted by atomic mass is 13.9. The van der Waals surface area contributed by atoms with Gasteiger partial charge in [-0.05, 0) is 32.1 Å². The summed E-state index contributed by atoms with van der Waals surface area (Å²) in [7, 11) is 0. The molecule has 0 heteroatoms. The minimum absolute atomic E-state index is 1.04. The van der Waals surface area contributed by atoms with Crippen LogP contribution >= 0.6 is 0 Å². The summed E-state index contributed by atoms with van der Waals surface area (Å²) in [5.74, 6) is 0. The topological polar surface area (TPSA) is 0 Å². The van der Waals surface area contributed by atoms with Crippen LogP contribution in [0, 0.1) is 0 Å². The van der Waals surface area contributed by atoms with Crippen LogP contribution in [0.1, 0.15) is 38.5 Å². The van der Waals surface area contributed by atoms with Gasteiger partial charge in [-0.2, -0.15) is 0 Å². The molecule has 0 amide bonds. The Kier molecular flexibility index (Phi) is 6.74. The third-order valence-electron chi connectivity index (χ3n) is 2.28. The van der Waals surface area contributed by atoms with Crippen LogP contribution in [0.15, 0.2) is 48.6 Å². The molecule has 0 atom stereocenters. The highest BCUT2D eigenvalue weighted by Gasteiger charge is 1.85. The average molecular weight is 188 g/mol. The quantitative estimate of drug-likeness (QED) is 0.522. The summed E-state index contributed by atoms with van der Waals surface area (Å²) in [5.41, 5.74) is 0. The van der Waals surface area contributed by atoms with Crippen molar-refractivity contribution in [1.82, 2.24) is 0 Å². The van der Waals surface area contributed by atoms with E-state index in [9.17, 15) is 0 Å². The highest BCUT2D eigenvalue weighted by molar-refractivity contribution is 5.08. The van der Waals surface area contributed by atoms with Gasteiger partial charge in [0.2, 0.25) is 0 Å². The van der Waals surface area contributed by atoms with E-state index in [0.29, 0.717) is 0 Å². The van der Waals surface area contributed by atoms with Crippen LogP contribution in [0.25, 0.3) is 0 Å². The van der Waals surface area contributed by atoms with E-state index in [2.05, 4.69) is 48.6 Å². The van der Waals surface area contributed by atoms with Gasteiger partial charge in [0, 0.05) is 0 Å². The van der Waals surface area contributed by atoms with E-state index in [4.69, 9.17) is 0 Å². The van der Waals surface area contributed by atoms with E-state index < -0.39 is 0 Å². The molecule has 0 bridgehead atoms. The van der Waals surface area contributed by atoms with Crippen molar-refractivity contribution in [2.45, 2.75) is 38.5 Å². The Morgan fingerprint density at radius 2 is 1.00 bits per heavy atom. The minimum Gasteiger partial charge on any atom is -0.0845 e. The van der Waals surface area contributed by atoms with Crippen molar-refractivity contribution in [1.29, 1.82) is 0 Å². The first-order valence-electron chi connectivity index (χ1n) is 5.63. The molecule has 0 aromatic rings. The largest absolute Gasteiger partial charge is 0.0845 e. The van der Waals surface area contributed by atoms with Gasteiger partial charge in [-0.1, -0.05) is 55.0 Å². The van der Waals surface area contributed by atoms with Gasteiger partial charge in [0.25, 0.3) is 0 Å². The van der Waals surface area contributed by atoms with E-state index in [-0.39, 0.29) is 0 Å². The molecule has 0 N–H and O–H groups in total. The lowest BCUT2D eigenvalue weighted by Crippen LogP contribution is -1.74. The van der Waals surface area contributed by atoms with Crippen molar-refractivity contribution in [2.24, 2.45) is 0 Å². The summed E-state index contributed by atoms with van der Waals surface area (Å²) in [6, 6.07) is 0. The molecule has 1 rings (SSSR count). The zero-order valence-corrected chi connectivity index (χ0v) is 8.86. The smallest absolute Gasteiger partial charge is 0.0163 e. The molecule has 76 valence electrons. The van der Waals surface area contributed by atoms with E-state index in [1.165, 1.54) is 32.1 Å². The second-order valence-electron chi connectivity index (χ2n) is 3.59. The number of allylic oxidation sites excluding steroid dienone is 8. The van der Waals surface area contributed by atoms with E-state index >= 15 is 0 Å². The minimum atomic E-state index is 1.04. The lowest BCUT2D eigenvalue weighted by atomic mass is 10.1. The van der Waals surface area contributed by atoms with E-state index in [1.54, 1.807) is 0 Å². The summed E-state index contributed by atoms with van der Waals surface area (Å²) in [5, 5.41) is 0. The monoisotopic (exact) mass is 188 g/mol. The predicted octanol–water partition coefficient (Wildman–Crippen LogP) is 4.57. The average Bonchev–Trinajstić information content (AvgIpc) is 2.22. The van der Waals surface area contributed by atoms with Gasteiger partial charge in [0.1, 0.15) is 0 Å². The molecule has 0 aliphatic heterocycles. The Morgan fingerprint density at radius 3 is 1.57 bits per heavy atom. The Morgan fingerprint density at radius 1 is 0.500 bits per heavy atom. The molecule has 0 fully saturated rings. The van der Waals surface area contributed by atoms with Crippen molar-refractivity contribution in [3.8, 4) is 0 Å². The fraction of sp³-hybridized carbons (Fsp3) is 0.429. The number of hydrogen-bond donors (Lipinski definition) is 0. The van der Waals surface area contributed by atoms with Crippen molar-refractivity contribution >= 4 is 0 Å². The Balaban J connectivity index is 2.35. The second-order valence-corrected chi connectivity index (χ2v) is 3.59. The first-order valence-corrected chi connectivity index (χ1v) is 5.63. The molecule has 0 unspecified atom stereocenters. The molecule has 14 heavy (non-hydrogen) atoms. The van der Waals surface area contributed by atoms with Crippen LogP contribution in [0.5, 0.6) is 0 Å². The summed E-state index contributed by atoms with van der Waals surface area (Å²) in [6.45, 7) is 0. The summed E-state index contributed by atoms with van der Waals surface area (Å²) >= 11 is 0. The first kappa shape index (κ1) is 11.0. The molecular weight excluding hydrogens is 168 g/mol. The third-order valence-corrected chi connectivity index (χ3v) is 2.28. The number of hydrogen-bond acceptors (Lipinski definition) is 0. The molecule has 1 aliphatic rings. The second kappa shape index (κ2) is 8.55. The molecular formula is C14H20. The standard InChI is InChI=1S/C14H20/c1-2-4-6-8-10-12-14-13-11-9-7-5-3-1/h1-4,7,9,11,13H,5-6,8,10,12,14H2/b3-1+,4-2?,9-7?,13-11?. The normalized spacial score (nSPS) is 21.7. The van der Waals surface area contributed by atoms with Crippen molar-refractivity contribution in [2.75, 3.05) is 0 Å². The molecule has 1 aliphatic carbocycles. The third kappa shape index (κ3) is 6.47. The molecule has 0 nitrogen and oxygen atoms in total. The lowest BCUT2D eigenvalue weighted by molar-refractivity contribution is 0.696. The Hall–Kier alpha value is -1.04. The van der Waals surface area contributed by atoms with Gasteiger partial charge < -0.3 is 0 Å². The van der Waals surface area contributed by atoms with Crippen LogP contribution in [-0.4, -0.2) is 0 Å². The van der Waals surface area contributed by atoms with E-state index in [1.807, 2.05) is 0 Å². The molecule has 0 radical (unpaired) electrons. The highest BCUT2D eigenvalue weighted by Crippen LogP contribution is 2.05. The molecule has 0 saturated heterocycles. The summed E-state index contributed by atoms with van der Waals surface area (Å²) in [6.07, 6.45) is 25.0. The van der Waals surface area contributed by atoms with Crippen LogP contribution in [0.3, 0.4) is 0 Å². The van der Waals surface area contributed by atoms with Gasteiger partial charge in [-0.3, -0.25) is 0 Å².